The van der Waals surface area contributed by atoms with E-state index in [1.165, 1.54) is 11.9 Å². The van der Waals surface area contributed by atoms with Crippen LogP contribution < -0.4 is 10.5 Å². The highest BCUT2D eigenvalue weighted by molar-refractivity contribution is 7.97. The van der Waals surface area contributed by atoms with E-state index in [2.05, 4.69) is 19.2 Å². The van der Waals surface area contributed by atoms with E-state index >= 15 is 0 Å². The van der Waals surface area contributed by atoms with Crippen LogP contribution in [0.3, 0.4) is 0 Å². The summed E-state index contributed by atoms with van der Waals surface area (Å²) in [4.78, 5) is 0. The highest BCUT2D eigenvalue weighted by Crippen LogP contribution is 2.04. The van der Waals surface area contributed by atoms with Gasteiger partial charge in [0.05, 0.1) is 0 Å². The van der Waals surface area contributed by atoms with E-state index in [0.717, 1.165) is 0 Å². The molecule has 0 saturated carbocycles. The average Bonchev–Trinajstić information content (AvgIpc) is 1.84. The molecule has 0 rings (SSSR count). The Bertz CT molecular complexity index is 50.4. The summed E-state index contributed by atoms with van der Waals surface area (Å²) >= 11 is 1.39. The van der Waals surface area contributed by atoms with E-state index in [9.17, 15) is 0 Å². The monoisotopic (exact) mass is 134 g/mol. The Kier molecular flexibility index (Phi) is 4.32. The molecule has 2 atom stereocenters. The second kappa shape index (κ2) is 4.18. The van der Waals surface area contributed by atoms with E-state index < -0.39 is 0 Å². The standard InChI is InChI=1S/C5H14N2S/c1-4(7-3)5(2)8-6/h4-5,7H,6H2,1-3H3. The normalized spacial score (nSPS) is 18.0. The molecule has 0 amide bonds. The van der Waals surface area contributed by atoms with Crippen molar-refractivity contribution < 1.29 is 0 Å². The molecule has 0 aromatic rings. The van der Waals surface area contributed by atoms with Crippen LogP contribution in [0.5, 0.6) is 0 Å². The van der Waals surface area contributed by atoms with Crippen molar-refractivity contribution in [2.45, 2.75) is 25.1 Å². The first-order valence-corrected chi connectivity index (χ1v) is 3.69. The molecule has 2 nitrogen and oxygen atoms in total. The summed E-state index contributed by atoms with van der Waals surface area (Å²) in [6.45, 7) is 4.22. The Balaban J connectivity index is 3.29. The molecule has 3 heteroatoms. The maximum atomic E-state index is 5.33. The molecule has 0 fully saturated rings. The Morgan fingerprint density at radius 1 is 1.50 bits per heavy atom. The van der Waals surface area contributed by atoms with E-state index in [1.807, 2.05) is 7.05 Å². The lowest BCUT2D eigenvalue weighted by atomic mass is 10.3. The van der Waals surface area contributed by atoms with Crippen LogP contribution in [0.15, 0.2) is 0 Å². The van der Waals surface area contributed by atoms with E-state index in [4.69, 9.17) is 5.14 Å². The van der Waals surface area contributed by atoms with Crippen LogP contribution in [-0.4, -0.2) is 18.3 Å². The minimum absolute atomic E-state index is 0.500. The fraction of sp³-hybridized carbons (Fsp3) is 1.00. The minimum atomic E-state index is 0.500. The van der Waals surface area contributed by atoms with Crippen LogP contribution in [0.4, 0.5) is 0 Å². The second-order valence-electron chi connectivity index (χ2n) is 1.92. The Morgan fingerprint density at radius 2 is 2.00 bits per heavy atom. The largest absolute Gasteiger partial charge is 0.316 e. The molecule has 0 aromatic carbocycles. The fourth-order valence-corrected chi connectivity index (χ4v) is 0.724. The highest BCUT2D eigenvalue weighted by atomic mass is 32.2. The number of rotatable bonds is 3. The maximum absolute atomic E-state index is 5.33. The van der Waals surface area contributed by atoms with Gasteiger partial charge in [0, 0.05) is 11.3 Å². The zero-order valence-corrected chi connectivity index (χ0v) is 6.46. The minimum Gasteiger partial charge on any atom is -0.316 e. The van der Waals surface area contributed by atoms with E-state index in [-0.39, 0.29) is 0 Å². The van der Waals surface area contributed by atoms with Gasteiger partial charge >= 0.3 is 0 Å². The molecule has 0 aromatic heterocycles. The summed E-state index contributed by atoms with van der Waals surface area (Å²) in [7, 11) is 1.94. The highest BCUT2D eigenvalue weighted by Gasteiger charge is 2.06. The molecule has 50 valence electrons. The summed E-state index contributed by atoms with van der Waals surface area (Å²) in [5, 5.41) is 8.94. The molecule has 0 radical (unpaired) electrons. The lowest BCUT2D eigenvalue weighted by Gasteiger charge is -2.15. The quantitative estimate of drug-likeness (QED) is 0.555. The third-order valence-corrected chi connectivity index (χ3v) is 2.21. The van der Waals surface area contributed by atoms with Gasteiger partial charge in [0.1, 0.15) is 0 Å². The molecule has 0 saturated heterocycles. The first kappa shape index (κ1) is 8.27. The van der Waals surface area contributed by atoms with Crippen LogP contribution >= 0.6 is 11.9 Å². The van der Waals surface area contributed by atoms with Crippen molar-refractivity contribution in [3.63, 3.8) is 0 Å². The lowest BCUT2D eigenvalue weighted by Crippen LogP contribution is -2.31. The van der Waals surface area contributed by atoms with Gasteiger partial charge in [0.15, 0.2) is 0 Å². The third kappa shape index (κ3) is 2.55. The van der Waals surface area contributed by atoms with Crippen molar-refractivity contribution in [3.05, 3.63) is 0 Å². The molecule has 0 heterocycles. The Hall–Kier alpha value is 0.270. The number of nitrogens with two attached hydrogens (primary N) is 1. The molecule has 3 N–H and O–H groups in total. The molecule has 0 spiro atoms. The van der Waals surface area contributed by atoms with Crippen LogP contribution in [0.1, 0.15) is 13.8 Å². The predicted octanol–water partition coefficient (Wildman–Crippen LogP) is 0.590. The summed E-state index contributed by atoms with van der Waals surface area (Å²) in [6, 6.07) is 0.505. The summed E-state index contributed by atoms with van der Waals surface area (Å²) in [6.07, 6.45) is 0. The molecule has 0 aliphatic carbocycles. The smallest absolute Gasteiger partial charge is 0.0313 e. The number of nitrogens with one attached hydrogen (secondary N) is 1. The van der Waals surface area contributed by atoms with Crippen LogP contribution in [0, 0.1) is 0 Å². The molecule has 2 unspecified atom stereocenters. The third-order valence-electron chi connectivity index (χ3n) is 1.37. The first-order chi connectivity index (χ1) is 3.72. The van der Waals surface area contributed by atoms with Crippen molar-refractivity contribution >= 4 is 11.9 Å². The zero-order valence-electron chi connectivity index (χ0n) is 5.64. The SMILES string of the molecule is CNC(C)C(C)SN. The van der Waals surface area contributed by atoms with Gasteiger partial charge < -0.3 is 5.32 Å². The zero-order chi connectivity index (χ0) is 6.57. The molecule has 0 aliphatic heterocycles. The van der Waals surface area contributed by atoms with Gasteiger partial charge in [-0.05, 0) is 14.0 Å². The van der Waals surface area contributed by atoms with Crippen molar-refractivity contribution in [1.29, 1.82) is 0 Å². The first-order valence-electron chi connectivity index (χ1n) is 2.75. The average molecular weight is 134 g/mol. The molecular formula is C5H14N2S. The van der Waals surface area contributed by atoms with Gasteiger partial charge in [-0.2, -0.15) is 0 Å². The molecular weight excluding hydrogens is 120 g/mol. The van der Waals surface area contributed by atoms with Crippen LogP contribution in [-0.2, 0) is 0 Å². The molecule has 8 heavy (non-hydrogen) atoms. The lowest BCUT2D eigenvalue weighted by molar-refractivity contribution is 0.606. The van der Waals surface area contributed by atoms with Gasteiger partial charge in [0.2, 0.25) is 0 Å². The summed E-state index contributed by atoms with van der Waals surface area (Å²) in [5.74, 6) is 0. The van der Waals surface area contributed by atoms with Gasteiger partial charge in [-0.1, -0.05) is 18.9 Å². The van der Waals surface area contributed by atoms with Crippen LogP contribution in [0.2, 0.25) is 0 Å². The summed E-state index contributed by atoms with van der Waals surface area (Å²) < 4.78 is 0. The van der Waals surface area contributed by atoms with E-state index in [1.54, 1.807) is 0 Å². The Labute approximate surface area is 55.3 Å². The number of hydrogen-bond donors (Lipinski definition) is 2. The number of hydrogen-bond acceptors (Lipinski definition) is 3. The molecule has 0 bridgehead atoms. The Morgan fingerprint density at radius 3 is 2.12 bits per heavy atom. The second-order valence-corrected chi connectivity index (χ2v) is 2.93. The predicted molar refractivity (Wildman–Crippen MR) is 39.8 cm³/mol. The fourth-order valence-electron chi connectivity index (χ4n) is 0.353. The van der Waals surface area contributed by atoms with Crippen molar-refractivity contribution in [2.75, 3.05) is 7.05 Å². The van der Waals surface area contributed by atoms with Gasteiger partial charge in [-0.15, -0.1) is 0 Å². The summed E-state index contributed by atoms with van der Waals surface area (Å²) in [5.41, 5.74) is 0. The van der Waals surface area contributed by atoms with Crippen molar-refractivity contribution in [2.24, 2.45) is 5.14 Å². The van der Waals surface area contributed by atoms with E-state index in [0.29, 0.717) is 11.3 Å². The van der Waals surface area contributed by atoms with Gasteiger partial charge in [-0.3, -0.25) is 5.14 Å². The maximum Gasteiger partial charge on any atom is 0.0313 e. The van der Waals surface area contributed by atoms with Gasteiger partial charge in [0.25, 0.3) is 0 Å². The van der Waals surface area contributed by atoms with Crippen LogP contribution in [0.25, 0.3) is 0 Å². The van der Waals surface area contributed by atoms with Gasteiger partial charge in [-0.25, -0.2) is 0 Å². The van der Waals surface area contributed by atoms with Crippen molar-refractivity contribution in [3.8, 4) is 0 Å². The van der Waals surface area contributed by atoms with Crippen molar-refractivity contribution in [1.82, 2.24) is 5.32 Å². The molecule has 0 aliphatic rings. The topological polar surface area (TPSA) is 38.0 Å².